The average Bonchev–Trinajstić information content (AvgIpc) is 2.45. The Morgan fingerprint density at radius 2 is 1.75 bits per heavy atom. The molecule has 0 aliphatic rings. The monoisotopic (exact) mass is 295 g/mol. The molecule has 0 bridgehead atoms. The normalized spacial score (nSPS) is 11.5. The summed E-state index contributed by atoms with van der Waals surface area (Å²) in [5.41, 5.74) is 1.18. The molecule has 2 N–H and O–H groups in total. The predicted octanol–water partition coefficient (Wildman–Crippen LogP) is 1.80. The third-order valence-electron chi connectivity index (χ3n) is 2.77. The molecule has 4 nitrogen and oxygen atoms in total. The highest BCUT2D eigenvalue weighted by Gasteiger charge is 2.13. The zero-order chi connectivity index (χ0) is 14.6. The standard InChI is InChI=1S/C14H14FNO3S/c15-13-3-1-2-12(8-13)9-16-20(18,19)14-6-4-11(10-17)5-7-14/h1-8,16-17H,9-10H2. The van der Waals surface area contributed by atoms with Crippen molar-refractivity contribution in [3.8, 4) is 0 Å². The lowest BCUT2D eigenvalue weighted by atomic mass is 10.2. The van der Waals surface area contributed by atoms with Crippen LogP contribution in [0.4, 0.5) is 4.39 Å². The molecule has 0 radical (unpaired) electrons. The average molecular weight is 295 g/mol. The SMILES string of the molecule is O=S(=O)(NCc1cccc(F)c1)c1ccc(CO)cc1. The molecule has 0 amide bonds. The van der Waals surface area contributed by atoms with Gasteiger partial charge in [-0.25, -0.2) is 17.5 Å². The van der Waals surface area contributed by atoms with Gasteiger partial charge in [0.25, 0.3) is 0 Å². The highest BCUT2D eigenvalue weighted by Crippen LogP contribution is 2.11. The Hall–Kier alpha value is -1.76. The van der Waals surface area contributed by atoms with Gasteiger partial charge in [-0.2, -0.15) is 0 Å². The zero-order valence-corrected chi connectivity index (χ0v) is 11.4. The van der Waals surface area contributed by atoms with Crippen LogP contribution < -0.4 is 4.72 Å². The van der Waals surface area contributed by atoms with Crippen molar-refractivity contribution in [3.05, 3.63) is 65.5 Å². The van der Waals surface area contributed by atoms with E-state index in [0.717, 1.165) is 0 Å². The third-order valence-corrected chi connectivity index (χ3v) is 4.19. The van der Waals surface area contributed by atoms with Crippen molar-refractivity contribution in [3.63, 3.8) is 0 Å². The predicted molar refractivity (Wildman–Crippen MR) is 72.8 cm³/mol. The summed E-state index contributed by atoms with van der Waals surface area (Å²) >= 11 is 0. The van der Waals surface area contributed by atoms with Gasteiger partial charge < -0.3 is 5.11 Å². The number of nitrogens with one attached hydrogen (secondary N) is 1. The first-order valence-electron chi connectivity index (χ1n) is 5.95. The highest BCUT2D eigenvalue weighted by atomic mass is 32.2. The molecule has 6 heteroatoms. The van der Waals surface area contributed by atoms with Gasteiger partial charge in [-0.1, -0.05) is 24.3 Å². The van der Waals surface area contributed by atoms with E-state index >= 15 is 0 Å². The quantitative estimate of drug-likeness (QED) is 0.884. The molecule has 0 aliphatic carbocycles. The van der Waals surface area contributed by atoms with Crippen LogP contribution in [0.2, 0.25) is 0 Å². The van der Waals surface area contributed by atoms with Gasteiger partial charge in [0.15, 0.2) is 0 Å². The van der Waals surface area contributed by atoms with Crippen LogP contribution >= 0.6 is 0 Å². The summed E-state index contributed by atoms with van der Waals surface area (Å²) in [5.74, 6) is -0.408. The van der Waals surface area contributed by atoms with Gasteiger partial charge in [0, 0.05) is 6.54 Å². The molecule has 20 heavy (non-hydrogen) atoms. The first-order chi connectivity index (χ1) is 9.51. The van der Waals surface area contributed by atoms with E-state index < -0.39 is 15.8 Å². The maximum atomic E-state index is 13.0. The molecule has 0 fully saturated rings. The zero-order valence-electron chi connectivity index (χ0n) is 10.6. The van der Waals surface area contributed by atoms with Gasteiger partial charge in [0.05, 0.1) is 11.5 Å². The van der Waals surface area contributed by atoms with Gasteiger partial charge in [0.2, 0.25) is 10.0 Å². The van der Waals surface area contributed by atoms with Crippen LogP contribution in [0.15, 0.2) is 53.4 Å². The van der Waals surface area contributed by atoms with Gasteiger partial charge in [-0.05, 0) is 35.4 Å². The van der Waals surface area contributed by atoms with Gasteiger partial charge in [0.1, 0.15) is 5.82 Å². The molecule has 0 unspecified atom stereocenters. The van der Waals surface area contributed by atoms with E-state index in [2.05, 4.69) is 4.72 Å². The van der Waals surface area contributed by atoms with Crippen molar-refractivity contribution >= 4 is 10.0 Å². The van der Waals surface area contributed by atoms with Crippen molar-refractivity contribution < 1.29 is 17.9 Å². The van der Waals surface area contributed by atoms with Crippen LogP contribution in [-0.4, -0.2) is 13.5 Å². The van der Waals surface area contributed by atoms with E-state index in [1.807, 2.05) is 0 Å². The fraction of sp³-hybridized carbons (Fsp3) is 0.143. The minimum absolute atomic E-state index is 0.0157. The Bertz CT molecular complexity index is 684. The minimum atomic E-state index is -3.65. The first kappa shape index (κ1) is 14.6. The summed E-state index contributed by atoms with van der Waals surface area (Å²) in [7, 11) is -3.65. The molecule has 106 valence electrons. The van der Waals surface area contributed by atoms with E-state index in [-0.39, 0.29) is 18.0 Å². The van der Waals surface area contributed by atoms with Crippen molar-refractivity contribution in [2.75, 3.05) is 0 Å². The fourth-order valence-electron chi connectivity index (χ4n) is 1.68. The second kappa shape index (κ2) is 6.13. The van der Waals surface area contributed by atoms with Crippen LogP contribution in [0.25, 0.3) is 0 Å². The van der Waals surface area contributed by atoms with Crippen molar-refractivity contribution in [2.24, 2.45) is 0 Å². The molecule has 0 spiro atoms. The van der Waals surface area contributed by atoms with E-state index in [0.29, 0.717) is 11.1 Å². The van der Waals surface area contributed by atoms with Crippen LogP contribution in [0.3, 0.4) is 0 Å². The summed E-state index contributed by atoms with van der Waals surface area (Å²) in [6.07, 6.45) is 0. The van der Waals surface area contributed by atoms with E-state index in [1.165, 1.54) is 42.5 Å². The maximum Gasteiger partial charge on any atom is 0.240 e. The molecule has 0 aliphatic heterocycles. The van der Waals surface area contributed by atoms with Crippen molar-refractivity contribution in [2.45, 2.75) is 18.0 Å². The Morgan fingerprint density at radius 3 is 2.35 bits per heavy atom. The number of sulfonamides is 1. The second-order valence-electron chi connectivity index (χ2n) is 4.26. The topological polar surface area (TPSA) is 66.4 Å². The Morgan fingerprint density at radius 1 is 1.05 bits per heavy atom. The number of hydrogen-bond donors (Lipinski definition) is 2. The van der Waals surface area contributed by atoms with E-state index in [9.17, 15) is 12.8 Å². The molecule has 2 aromatic rings. The summed E-state index contributed by atoms with van der Waals surface area (Å²) in [6, 6.07) is 11.6. The summed E-state index contributed by atoms with van der Waals surface area (Å²) in [4.78, 5) is 0.103. The smallest absolute Gasteiger partial charge is 0.240 e. The molecular formula is C14H14FNO3S. The summed E-state index contributed by atoms with van der Waals surface area (Å²) in [6.45, 7) is -0.126. The Labute approximate surface area is 116 Å². The van der Waals surface area contributed by atoms with Crippen LogP contribution in [0.5, 0.6) is 0 Å². The molecular weight excluding hydrogens is 281 g/mol. The molecule has 0 heterocycles. The molecule has 0 saturated carbocycles. The number of rotatable bonds is 5. The highest BCUT2D eigenvalue weighted by molar-refractivity contribution is 7.89. The number of hydrogen-bond acceptors (Lipinski definition) is 3. The largest absolute Gasteiger partial charge is 0.392 e. The first-order valence-corrected chi connectivity index (χ1v) is 7.43. The third kappa shape index (κ3) is 3.63. The van der Waals surface area contributed by atoms with Crippen molar-refractivity contribution in [1.29, 1.82) is 0 Å². The second-order valence-corrected chi connectivity index (χ2v) is 6.02. The van der Waals surface area contributed by atoms with Gasteiger partial charge in [-0.3, -0.25) is 0 Å². The minimum Gasteiger partial charge on any atom is -0.392 e. The van der Waals surface area contributed by atoms with Crippen molar-refractivity contribution in [1.82, 2.24) is 4.72 Å². The summed E-state index contributed by atoms with van der Waals surface area (Å²) in [5, 5.41) is 8.91. The molecule has 2 rings (SSSR count). The van der Waals surface area contributed by atoms with Gasteiger partial charge in [-0.15, -0.1) is 0 Å². The summed E-state index contributed by atoms with van der Waals surface area (Å²) < 4.78 is 39.4. The Kier molecular flexibility index (Phi) is 4.49. The molecule has 0 saturated heterocycles. The lowest BCUT2D eigenvalue weighted by molar-refractivity contribution is 0.282. The number of halogens is 1. The number of aliphatic hydroxyl groups excluding tert-OH is 1. The van der Waals surface area contributed by atoms with Crippen LogP contribution in [-0.2, 0) is 23.2 Å². The van der Waals surface area contributed by atoms with E-state index in [1.54, 1.807) is 6.07 Å². The number of aliphatic hydroxyl groups is 1. The van der Waals surface area contributed by atoms with Crippen LogP contribution in [0.1, 0.15) is 11.1 Å². The fourth-order valence-corrected chi connectivity index (χ4v) is 2.70. The number of benzene rings is 2. The van der Waals surface area contributed by atoms with Crippen LogP contribution in [0, 0.1) is 5.82 Å². The lowest BCUT2D eigenvalue weighted by Gasteiger charge is -2.07. The lowest BCUT2D eigenvalue weighted by Crippen LogP contribution is -2.23. The van der Waals surface area contributed by atoms with Gasteiger partial charge >= 0.3 is 0 Å². The molecule has 2 aromatic carbocycles. The molecule has 0 atom stereocenters. The Balaban J connectivity index is 2.10. The maximum absolute atomic E-state index is 13.0. The molecule has 0 aromatic heterocycles. The van der Waals surface area contributed by atoms with E-state index in [4.69, 9.17) is 5.11 Å².